The molecule has 1 saturated carbocycles. The van der Waals surface area contributed by atoms with Crippen LogP contribution in [0.15, 0.2) is 72.3 Å². The van der Waals surface area contributed by atoms with Crippen LogP contribution in [-0.4, -0.2) is 39.1 Å². The lowest BCUT2D eigenvalue weighted by molar-refractivity contribution is -0.146. The molecule has 2 bridgehead atoms. The van der Waals surface area contributed by atoms with E-state index in [-0.39, 0.29) is 24.2 Å². The molecule has 4 N–H and O–H groups in total. The third-order valence-corrected chi connectivity index (χ3v) is 11.8. The van der Waals surface area contributed by atoms with E-state index >= 15 is 0 Å². The molecule has 4 aliphatic carbocycles. The van der Waals surface area contributed by atoms with Crippen LogP contribution in [0.2, 0.25) is 0 Å². The minimum atomic E-state index is -0.772. The third kappa shape index (κ3) is 7.06. The number of hydrogen-bond donors (Lipinski definition) is 4. The highest BCUT2D eigenvalue weighted by Crippen LogP contribution is 2.55. The van der Waals surface area contributed by atoms with Crippen LogP contribution >= 0.6 is 0 Å². The lowest BCUT2D eigenvalue weighted by atomic mass is 9.52. The second-order valence-electron chi connectivity index (χ2n) is 14.6. The van der Waals surface area contributed by atoms with Gasteiger partial charge in [-0.1, -0.05) is 86.4 Å². The number of carboxylic acids is 1. The standard InChI is InChI=1S/C41H52O5/c42-27-30-12-11-28(23-30)7-3-1-2-4-8-31-9-5-6-10-38(40(45)46)41-26-36(44)22-19-34(41)18-15-33-14-13-29(25-39(33)41)24-37(31)32-16-20-35(43)21-17-32/h5-6,13-18,20-21,23,25,28,31,34,36-38,42-44H,1-4,7-12,19,22,24,26-27H2,(H,45,46)/b6-5-/t28-,31-,34-,36-,37-,38+,41+/m0/s1. The first-order valence-corrected chi connectivity index (χ1v) is 17.8. The summed E-state index contributed by atoms with van der Waals surface area (Å²) in [6.45, 7) is 0.207. The van der Waals surface area contributed by atoms with Crippen molar-refractivity contribution >= 4 is 12.0 Å². The molecule has 2 aromatic carbocycles. The van der Waals surface area contributed by atoms with Crippen LogP contribution < -0.4 is 0 Å². The Morgan fingerprint density at radius 3 is 2.46 bits per heavy atom. The lowest BCUT2D eigenvalue weighted by Gasteiger charge is -2.51. The quantitative estimate of drug-likeness (QED) is 0.157. The zero-order chi connectivity index (χ0) is 32.1. The van der Waals surface area contributed by atoms with Gasteiger partial charge in [-0.3, -0.25) is 4.79 Å². The van der Waals surface area contributed by atoms with Gasteiger partial charge < -0.3 is 20.4 Å². The van der Waals surface area contributed by atoms with Crippen molar-refractivity contribution in [2.75, 3.05) is 6.61 Å². The van der Waals surface area contributed by atoms with E-state index in [0.717, 1.165) is 49.7 Å². The van der Waals surface area contributed by atoms with Crippen LogP contribution in [0.1, 0.15) is 112 Å². The average molecular weight is 625 g/mol. The van der Waals surface area contributed by atoms with Crippen LogP contribution in [0.3, 0.4) is 0 Å². The van der Waals surface area contributed by atoms with Crippen molar-refractivity contribution in [2.45, 2.75) is 107 Å². The Morgan fingerprint density at radius 2 is 1.70 bits per heavy atom. The fourth-order valence-corrected chi connectivity index (χ4v) is 9.38. The molecule has 5 heteroatoms. The van der Waals surface area contributed by atoms with Crippen molar-refractivity contribution in [1.29, 1.82) is 0 Å². The predicted molar refractivity (Wildman–Crippen MR) is 184 cm³/mol. The number of allylic oxidation sites excluding steroid dienone is 4. The summed E-state index contributed by atoms with van der Waals surface area (Å²) in [5.74, 6) is 0.288. The maximum atomic E-state index is 13.0. The Morgan fingerprint density at radius 1 is 0.913 bits per heavy atom. The first kappa shape index (κ1) is 32.8. The smallest absolute Gasteiger partial charge is 0.307 e. The number of aliphatic carboxylic acids is 1. The van der Waals surface area contributed by atoms with Gasteiger partial charge in [-0.05, 0) is 128 Å². The van der Waals surface area contributed by atoms with Gasteiger partial charge in [0.05, 0.1) is 18.6 Å². The molecule has 5 nitrogen and oxygen atoms in total. The summed E-state index contributed by atoms with van der Waals surface area (Å²) in [5.41, 5.74) is 5.21. The summed E-state index contributed by atoms with van der Waals surface area (Å²) in [5, 5.41) is 41.2. The van der Waals surface area contributed by atoms with Gasteiger partial charge in [-0.15, -0.1) is 0 Å². The van der Waals surface area contributed by atoms with Crippen molar-refractivity contribution in [3.63, 3.8) is 0 Å². The molecular formula is C41H52O5. The molecular weight excluding hydrogens is 572 g/mol. The highest BCUT2D eigenvalue weighted by Gasteiger charge is 2.53. The van der Waals surface area contributed by atoms with Gasteiger partial charge in [0, 0.05) is 5.41 Å². The van der Waals surface area contributed by atoms with Crippen LogP contribution in [0.5, 0.6) is 5.75 Å². The summed E-state index contributed by atoms with van der Waals surface area (Å²) in [6, 6.07) is 14.4. The van der Waals surface area contributed by atoms with Crippen molar-refractivity contribution in [3.8, 4) is 5.75 Å². The van der Waals surface area contributed by atoms with Crippen molar-refractivity contribution in [1.82, 2.24) is 0 Å². The monoisotopic (exact) mass is 624 g/mol. The third-order valence-electron chi connectivity index (χ3n) is 11.8. The Bertz CT molecular complexity index is 1440. The minimum Gasteiger partial charge on any atom is -0.508 e. The maximum Gasteiger partial charge on any atom is 0.307 e. The Balaban J connectivity index is 1.26. The van der Waals surface area contributed by atoms with Gasteiger partial charge in [-0.2, -0.15) is 0 Å². The zero-order valence-corrected chi connectivity index (χ0v) is 27.2. The molecule has 1 fully saturated rings. The number of fused-ring (bicyclic) bond motifs is 1. The number of benzene rings is 2. The highest BCUT2D eigenvalue weighted by atomic mass is 16.4. The molecule has 0 heterocycles. The van der Waals surface area contributed by atoms with Gasteiger partial charge in [0.15, 0.2) is 0 Å². The number of aliphatic hydroxyl groups excluding tert-OH is 2. The number of phenolic OH excluding ortho intramolecular Hbond substituents is 1. The maximum absolute atomic E-state index is 13.0. The van der Waals surface area contributed by atoms with Gasteiger partial charge in [0.25, 0.3) is 0 Å². The first-order chi connectivity index (χ1) is 22.4. The molecule has 7 atom stereocenters. The molecule has 2 aromatic rings. The second kappa shape index (κ2) is 14.7. The molecule has 0 saturated heterocycles. The molecule has 46 heavy (non-hydrogen) atoms. The van der Waals surface area contributed by atoms with E-state index in [0.29, 0.717) is 31.1 Å². The van der Waals surface area contributed by atoms with Crippen LogP contribution in [-0.2, 0) is 16.6 Å². The molecule has 4 aliphatic rings. The van der Waals surface area contributed by atoms with Crippen LogP contribution in [0.4, 0.5) is 0 Å². The largest absolute Gasteiger partial charge is 0.508 e. The van der Waals surface area contributed by atoms with Crippen molar-refractivity contribution < 1.29 is 25.2 Å². The summed E-state index contributed by atoms with van der Waals surface area (Å²) >= 11 is 0. The normalized spacial score (nSPS) is 31.3. The van der Waals surface area contributed by atoms with E-state index < -0.39 is 23.4 Å². The zero-order valence-electron chi connectivity index (χ0n) is 27.2. The Hall–Kier alpha value is -3.15. The number of phenols is 1. The molecule has 0 radical (unpaired) electrons. The molecule has 0 amide bonds. The molecule has 6 rings (SSSR count). The Labute approximate surface area is 274 Å². The molecule has 0 aliphatic heterocycles. The summed E-state index contributed by atoms with van der Waals surface area (Å²) < 4.78 is 0. The minimum absolute atomic E-state index is 0.0955. The average Bonchev–Trinajstić information content (AvgIpc) is 3.52. The number of aromatic hydroxyl groups is 1. The van der Waals surface area contributed by atoms with E-state index in [1.807, 2.05) is 0 Å². The second-order valence-corrected chi connectivity index (χ2v) is 14.6. The summed E-state index contributed by atoms with van der Waals surface area (Å²) in [4.78, 5) is 13.0. The topological polar surface area (TPSA) is 98.0 Å². The van der Waals surface area contributed by atoms with Crippen LogP contribution in [0.25, 0.3) is 6.08 Å². The number of carbonyl (C=O) groups is 1. The molecule has 1 spiro atoms. The fourth-order valence-electron chi connectivity index (χ4n) is 9.38. The van der Waals surface area contributed by atoms with Gasteiger partial charge in [-0.25, -0.2) is 0 Å². The number of rotatable bonds is 10. The summed E-state index contributed by atoms with van der Waals surface area (Å²) in [7, 11) is 0. The van der Waals surface area contributed by atoms with E-state index in [2.05, 4.69) is 60.7 Å². The van der Waals surface area contributed by atoms with E-state index in [9.17, 15) is 25.2 Å². The molecule has 0 unspecified atom stereocenters. The van der Waals surface area contributed by atoms with Crippen LogP contribution in [0, 0.1) is 23.7 Å². The summed E-state index contributed by atoms with van der Waals surface area (Å²) in [6.07, 6.45) is 24.1. The SMILES string of the molecule is O=C(O)[C@H]1C/C=C\C[C@H](CCCCCC[C@@H]2C=C(CO)CC2)[C@@H](c2ccc(O)cc2)Cc2ccc3c(c2)[C@@]12C[C@@H](O)CC[C@@H]2C=C3. The number of aliphatic hydroxyl groups is 2. The first-order valence-electron chi connectivity index (χ1n) is 17.8. The molecule has 0 aromatic heterocycles. The number of hydrogen-bond acceptors (Lipinski definition) is 4. The van der Waals surface area contributed by atoms with Gasteiger partial charge in [0.1, 0.15) is 5.75 Å². The molecule has 246 valence electrons. The van der Waals surface area contributed by atoms with E-state index in [4.69, 9.17) is 0 Å². The van der Waals surface area contributed by atoms with E-state index in [1.54, 1.807) is 12.1 Å². The van der Waals surface area contributed by atoms with Gasteiger partial charge >= 0.3 is 5.97 Å². The van der Waals surface area contributed by atoms with E-state index in [1.165, 1.54) is 48.8 Å². The predicted octanol–water partition coefficient (Wildman–Crippen LogP) is 8.48. The fraction of sp³-hybridized carbons (Fsp3) is 0.537. The number of carboxylic acid groups (broad SMARTS) is 1. The Kier molecular flexibility index (Phi) is 10.5. The number of unbranched alkanes of at least 4 members (excludes halogenated alkanes) is 3. The van der Waals surface area contributed by atoms with Gasteiger partial charge in [0.2, 0.25) is 0 Å². The van der Waals surface area contributed by atoms with Crippen molar-refractivity contribution in [3.05, 3.63) is 94.6 Å². The lowest BCUT2D eigenvalue weighted by Crippen LogP contribution is -2.51. The van der Waals surface area contributed by atoms with Crippen molar-refractivity contribution in [2.24, 2.45) is 23.7 Å². The highest BCUT2D eigenvalue weighted by molar-refractivity contribution is 5.75.